The fourth-order valence-electron chi connectivity index (χ4n) is 2.97. The summed E-state index contributed by atoms with van der Waals surface area (Å²) in [4.78, 5) is 11.2. The van der Waals surface area contributed by atoms with Gasteiger partial charge < -0.3 is 39.7 Å². The van der Waals surface area contributed by atoms with Crippen LogP contribution in [0, 0.1) is 0 Å². The Labute approximate surface area is 174 Å². The SMILES string of the molecule is O=C(O)C1OC(OC2C(CO)OC(COS(=O)(=O)O)C2O)C(OS(=O)(=O)O)C(O)C1O. The molecule has 0 bridgehead atoms. The molecule has 9 unspecified atom stereocenters. The van der Waals surface area contributed by atoms with Crippen molar-refractivity contribution in [3.05, 3.63) is 0 Å². The van der Waals surface area contributed by atoms with Crippen LogP contribution in [0.2, 0.25) is 0 Å². The van der Waals surface area contributed by atoms with E-state index in [1.807, 2.05) is 0 Å². The first kappa shape index (κ1) is 26.2. The van der Waals surface area contributed by atoms with E-state index >= 15 is 0 Å². The number of aliphatic hydroxyl groups is 4. The standard InChI is InChI=1S/C12H20O17S2/c13-1-3-8(5(14)4(26-3)2-25-30(19,20)21)27-12-10(29-31(22,23)24)7(16)6(15)9(28-12)11(17)18/h3-10,12-16H,1-2H2,(H,17,18)(H,19,20,21)(H,22,23,24). The van der Waals surface area contributed by atoms with Crippen LogP contribution in [0.25, 0.3) is 0 Å². The predicted molar refractivity (Wildman–Crippen MR) is 88.9 cm³/mol. The van der Waals surface area contributed by atoms with Crippen LogP contribution < -0.4 is 0 Å². The Morgan fingerprint density at radius 3 is 1.97 bits per heavy atom. The Bertz CT molecular complexity index is 841. The Morgan fingerprint density at radius 2 is 1.48 bits per heavy atom. The minimum atomic E-state index is -5.29. The Hall–Kier alpha value is -1.07. The molecule has 2 aliphatic rings. The predicted octanol–water partition coefficient (Wildman–Crippen LogP) is -4.97. The quantitative estimate of drug-likeness (QED) is 0.146. The third-order valence-electron chi connectivity index (χ3n) is 4.31. The van der Waals surface area contributed by atoms with Crippen LogP contribution in [0.4, 0.5) is 0 Å². The number of carboxylic acid groups (broad SMARTS) is 1. The zero-order valence-corrected chi connectivity index (χ0v) is 16.8. The average Bonchev–Trinajstić information content (AvgIpc) is 2.92. The van der Waals surface area contributed by atoms with Crippen molar-refractivity contribution in [2.24, 2.45) is 0 Å². The lowest BCUT2D eigenvalue weighted by Crippen LogP contribution is -2.62. The number of rotatable bonds is 9. The van der Waals surface area contributed by atoms with Crippen molar-refractivity contribution in [1.29, 1.82) is 0 Å². The third-order valence-corrected chi connectivity index (χ3v) is 5.21. The van der Waals surface area contributed by atoms with Crippen molar-refractivity contribution in [3.63, 3.8) is 0 Å². The minimum Gasteiger partial charge on any atom is -0.479 e. The number of hydrogen-bond acceptors (Lipinski definition) is 14. The number of carbonyl (C=O) groups is 1. The Balaban J connectivity index is 2.26. The summed E-state index contributed by atoms with van der Waals surface area (Å²) >= 11 is 0. The van der Waals surface area contributed by atoms with Crippen molar-refractivity contribution >= 4 is 26.8 Å². The van der Waals surface area contributed by atoms with E-state index in [9.17, 15) is 42.1 Å². The van der Waals surface area contributed by atoms with Crippen molar-refractivity contribution < 1.29 is 78.8 Å². The van der Waals surface area contributed by atoms with E-state index in [0.29, 0.717) is 0 Å². The summed E-state index contributed by atoms with van der Waals surface area (Å²) < 4.78 is 84.5. The molecule has 31 heavy (non-hydrogen) atoms. The van der Waals surface area contributed by atoms with Crippen molar-refractivity contribution in [2.45, 2.75) is 55.1 Å². The molecule has 182 valence electrons. The topological polar surface area (TPSA) is 273 Å². The first-order valence-corrected chi connectivity index (χ1v) is 11.0. The summed E-state index contributed by atoms with van der Waals surface area (Å²) in [6.45, 7) is -1.81. The highest BCUT2D eigenvalue weighted by Gasteiger charge is 2.54. The largest absolute Gasteiger partial charge is 0.479 e. The minimum absolute atomic E-state index is 0.867. The monoisotopic (exact) mass is 500 g/mol. The fraction of sp³-hybridized carbons (Fsp3) is 0.917. The highest BCUT2D eigenvalue weighted by molar-refractivity contribution is 7.81. The lowest BCUT2D eigenvalue weighted by atomic mass is 9.98. The van der Waals surface area contributed by atoms with Crippen LogP contribution in [0.3, 0.4) is 0 Å². The lowest BCUT2D eigenvalue weighted by Gasteiger charge is -2.41. The zero-order valence-electron chi connectivity index (χ0n) is 15.1. The zero-order chi connectivity index (χ0) is 23.7. The van der Waals surface area contributed by atoms with Crippen molar-refractivity contribution in [1.82, 2.24) is 0 Å². The average molecular weight is 500 g/mol. The summed E-state index contributed by atoms with van der Waals surface area (Å²) in [5.41, 5.74) is 0. The molecule has 17 nitrogen and oxygen atoms in total. The van der Waals surface area contributed by atoms with E-state index in [-0.39, 0.29) is 0 Å². The van der Waals surface area contributed by atoms with Gasteiger partial charge in [-0.05, 0) is 0 Å². The van der Waals surface area contributed by atoms with Gasteiger partial charge in [0.15, 0.2) is 18.5 Å². The highest BCUT2D eigenvalue weighted by atomic mass is 32.3. The van der Waals surface area contributed by atoms with Crippen LogP contribution in [0.15, 0.2) is 0 Å². The molecule has 9 atom stereocenters. The Morgan fingerprint density at radius 1 is 0.871 bits per heavy atom. The Kier molecular flexibility index (Phi) is 8.30. The maximum absolute atomic E-state index is 11.2. The second-order valence-electron chi connectivity index (χ2n) is 6.43. The number of aliphatic carboxylic acids is 1. The fourth-order valence-corrected chi connectivity index (χ4v) is 3.76. The van der Waals surface area contributed by atoms with Crippen molar-refractivity contribution in [3.8, 4) is 0 Å². The molecule has 0 aromatic heterocycles. The molecule has 7 N–H and O–H groups in total. The normalized spacial score (nSPS) is 39.5. The first-order valence-electron chi connectivity index (χ1n) is 8.26. The summed E-state index contributed by atoms with van der Waals surface area (Å²) in [5.74, 6) is -1.80. The molecule has 0 spiro atoms. The smallest absolute Gasteiger partial charge is 0.397 e. The molecular weight excluding hydrogens is 480 g/mol. The molecule has 2 heterocycles. The summed E-state index contributed by atoms with van der Waals surface area (Å²) in [7, 11) is -10.2. The molecular formula is C12H20O17S2. The third kappa shape index (κ3) is 6.71. The highest BCUT2D eigenvalue weighted by Crippen LogP contribution is 2.31. The molecule has 0 amide bonds. The molecule has 0 aromatic rings. The van der Waals surface area contributed by atoms with Gasteiger partial charge in [-0.2, -0.15) is 16.8 Å². The molecule has 0 aliphatic carbocycles. The number of carboxylic acids is 1. The maximum Gasteiger partial charge on any atom is 0.397 e. The second kappa shape index (κ2) is 9.82. The van der Waals surface area contributed by atoms with Crippen LogP contribution in [0.5, 0.6) is 0 Å². The van der Waals surface area contributed by atoms with Gasteiger partial charge in [-0.3, -0.25) is 9.11 Å². The van der Waals surface area contributed by atoms with Crippen LogP contribution in [-0.2, 0) is 48.2 Å². The summed E-state index contributed by atoms with van der Waals surface area (Å²) in [6, 6.07) is 0. The second-order valence-corrected chi connectivity index (χ2v) is 8.57. The van der Waals surface area contributed by atoms with Crippen LogP contribution in [-0.4, -0.2) is 126 Å². The molecule has 0 radical (unpaired) electrons. The number of hydrogen-bond donors (Lipinski definition) is 7. The van der Waals surface area contributed by atoms with E-state index in [1.54, 1.807) is 0 Å². The molecule has 2 saturated heterocycles. The van der Waals surface area contributed by atoms with Gasteiger partial charge in [-0.1, -0.05) is 0 Å². The molecule has 0 saturated carbocycles. The van der Waals surface area contributed by atoms with E-state index in [4.69, 9.17) is 28.4 Å². The van der Waals surface area contributed by atoms with E-state index in [1.165, 1.54) is 0 Å². The number of aliphatic hydroxyl groups excluding tert-OH is 4. The van der Waals surface area contributed by atoms with Gasteiger partial charge in [-0.15, -0.1) is 0 Å². The van der Waals surface area contributed by atoms with E-state index in [0.717, 1.165) is 0 Å². The van der Waals surface area contributed by atoms with Gasteiger partial charge in [0.2, 0.25) is 0 Å². The van der Waals surface area contributed by atoms with Gasteiger partial charge >= 0.3 is 26.8 Å². The lowest BCUT2D eigenvalue weighted by molar-refractivity contribution is -0.306. The molecule has 19 heteroatoms. The van der Waals surface area contributed by atoms with Gasteiger partial charge in [0.25, 0.3) is 0 Å². The van der Waals surface area contributed by atoms with Gasteiger partial charge in [0.05, 0.1) is 13.2 Å². The van der Waals surface area contributed by atoms with Gasteiger partial charge in [0, 0.05) is 0 Å². The molecule has 2 rings (SSSR count). The maximum atomic E-state index is 11.2. The molecule has 2 fully saturated rings. The van der Waals surface area contributed by atoms with Crippen LogP contribution >= 0.6 is 0 Å². The summed E-state index contributed by atoms with van der Waals surface area (Å²) in [6.07, 6.45) is -17.5. The van der Waals surface area contributed by atoms with Crippen LogP contribution in [0.1, 0.15) is 0 Å². The number of ether oxygens (including phenoxy) is 3. The van der Waals surface area contributed by atoms with Gasteiger partial charge in [-0.25, -0.2) is 13.2 Å². The molecule has 0 aromatic carbocycles. The summed E-state index contributed by atoms with van der Waals surface area (Å²) in [5, 5.41) is 48.6. The first-order chi connectivity index (χ1) is 14.1. The van der Waals surface area contributed by atoms with Gasteiger partial charge in [0.1, 0.15) is 36.6 Å². The van der Waals surface area contributed by atoms with Crippen molar-refractivity contribution in [2.75, 3.05) is 13.2 Å². The molecule has 2 aliphatic heterocycles. The van der Waals surface area contributed by atoms with E-state index in [2.05, 4.69) is 8.37 Å². The van der Waals surface area contributed by atoms with E-state index < -0.39 is 95.1 Å².